The zero-order valence-electron chi connectivity index (χ0n) is 11.3. The zero-order valence-corrected chi connectivity index (χ0v) is 12.8. The molecule has 1 fully saturated rings. The Morgan fingerprint density at radius 3 is 2.85 bits per heavy atom. The number of nitrogens with one attached hydrogen (secondary N) is 1. The van der Waals surface area contributed by atoms with Crippen LogP contribution in [0.25, 0.3) is 11.3 Å². The van der Waals surface area contributed by atoms with E-state index < -0.39 is 0 Å². The first kappa shape index (κ1) is 13.6. The van der Waals surface area contributed by atoms with E-state index in [1.165, 1.54) is 12.1 Å². The highest BCUT2D eigenvalue weighted by atomic mass is 35.5. The molecule has 0 aliphatic heterocycles. The lowest BCUT2D eigenvalue weighted by molar-refractivity contribution is 0.623. The van der Waals surface area contributed by atoms with E-state index in [-0.39, 0.29) is 0 Å². The predicted octanol–water partition coefficient (Wildman–Crippen LogP) is 5.05. The average Bonchev–Trinajstić information content (AvgIpc) is 3.06. The summed E-state index contributed by atoms with van der Waals surface area (Å²) in [5.41, 5.74) is 6.35. The lowest BCUT2D eigenvalue weighted by Gasteiger charge is -1.98. The van der Waals surface area contributed by atoms with E-state index in [1.807, 2.05) is 29.6 Å². The van der Waals surface area contributed by atoms with Crippen LogP contribution in [0.5, 0.6) is 0 Å². The van der Waals surface area contributed by atoms with E-state index >= 15 is 0 Å². The molecule has 1 aromatic carbocycles. The van der Waals surface area contributed by atoms with Crippen LogP contribution in [0.15, 0.2) is 34.7 Å². The molecule has 3 nitrogen and oxygen atoms in total. The van der Waals surface area contributed by atoms with Gasteiger partial charge in [-0.15, -0.1) is 11.3 Å². The van der Waals surface area contributed by atoms with E-state index in [1.54, 1.807) is 11.3 Å². The quantitative estimate of drug-likeness (QED) is 0.806. The molecule has 20 heavy (non-hydrogen) atoms. The summed E-state index contributed by atoms with van der Waals surface area (Å²) >= 11 is 7.46. The first-order valence-corrected chi connectivity index (χ1v) is 7.99. The van der Waals surface area contributed by atoms with Gasteiger partial charge in [0, 0.05) is 21.7 Å². The summed E-state index contributed by atoms with van der Waals surface area (Å²) in [5, 5.41) is 8.06. The van der Waals surface area contributed by atoms with E-state index in [0.717, 1.165) is 40.2 Å². The summed E-state index contributed by atoms with van der Waals surface area (Å²) in [7, 11) is 0. The largest absolute Gasteiger partial charge is 0.253 e. The van der Waals surface area contributed by atoms with Gasteiger partial charge in [-0.3, -0.25) is 5.43 Å². The molecule has 0 bridgehead atoms. The minimum Gasteiger partial charge on any atom is -0.253 e. The number of benzene rings is 1. The van der Waals surface area contributed by atoms with Crippen molar-refractivity contribution in [2.75, 3.05) is 5.43 Å². The van der Waals surface area contributed by atoms with E-state index in [4.69, 9.17) is 11.6 Å². The van der Waals surface area contributed by atoms with Crippen LogP contribution >= 0.6 is 22.9 Å². The van der Waals surface area contributed by atoms with Gasteiger partial charge in [0.1, 0.15) is 0 Å². The van der Waals surface area contributed by atoms with Crippen LogP contribution in [0.1, 0.15) is 26.2 Å². The van der Waals surface area contributed by atoms with Gasteiger partial charge in [-0.1, -0.05) is 30.7 Å². The highest BCUT2D eigenvalue weighted by Gasteiger charge is 2.16. The molecule has 1 atom stereocenters. The van der Waals surface area contributed by atoms with E-state index in [0.29, 0.717) is 0 Å². The molecule has 0 spiro atoms. The number of hydrogen-bond donors (Lipinski definition) is 1. The Balaban J connectivity index is 1.69. The number of thiazole rings is 1. The highest BCUT2D eigenvalue weighted by molar-refractivity contribution is 7.14. The van der Waals surface area contributed by atoms with Gasteiger partial charge in [0.25, 0.3) is 0 Å². The normalized spacial score (nSPS) is 20.5. The molecular formula is C15H16ClN3S. The van der Waals surface area contributed by atoms with Crippen molar-refractivity contribution in [3.8, 4) is 11.3 Å². The molecule has 2 aromatic rings. The maximum absolute atomic E-state index is 5.89. The third-order valence-corrected chi connectivity index (χ3v) is 4.46. The molecule has 1 aliphatic carbocycles. The van der Waals surface area contributed by atoms with Crippen LogP contribution < -0.4 is 5.43 Å². The maximum Gasteiger partial charge on any atom is 0.203 e. The summed E-state index contributed by atoms with van der Waals surface area (Å²) < 4.78 is 0. The molecule has 1 N–H and O–H groups in total. The molecule has 5 heteroatoms. The second kappa shape index (κ2) is 5.94. The molecule has 0 radical (unpaired) electrons. The summed E-state index contributed by atoms with van der Waals surface area (Å²) in [5.74, 6) is 0.761. The summed E-state index contributed by atoms with van der Waals surface area (Å²) in [6.45, 7) is 2.27. The molecule has 3 rings (SSSR count). The Bertz CT molecular complexity index is 618. The van der Waals surface area contributed by atoms with E-state index in [9.17, 15) is 0 Å². The molecule has 1 unspecified atom stereocenters. The minimum atomic E-state index is 0.740. The van der Waals surface area contributed by atoms with Crippen molar-refractivity contribution in [1.82, 2.24) is 4.98 Å². The van der Waals surface area contributed by atoms with Crippen molar-refractivity contribution in [2.45, 2.75) is 26.2 Å². The average molecular weight is 306 g/mol. The van der Waals surface area contributed by atoms with E-state index in [2.05, 4.69) is 22.4 Å². The Morgan fingerprint density at radius 1 is 1.35 bits per heavy atom. The fraction of sp³-hybridized carbons (Fsp3) is 0.333. The van der Waals surface area contributed by atoms with Gasteiger partial charge in [0.15, 0.2) is 0 Å². The van der Waals surface area contributed by atoms with Gasteiger partial charge in [0.2, 0.25) is 5.13 Å². The standard InChI is InChI=1S/C15H16ClN3S/c1-10-2-7-13(8-10)18-19-15-17-14(9-20-15)11-3-5-12(16)6-4-11/h3-6,9-10H,2,7-8H2,1H3,(H,17,19)/b18-13-. The number of hydrogen-bond acceptors (Lipinski definition) is 4. The van der Waals surface area contributed by atoms with Gasteiger partial charge in [-0.25, -0.2) is 4.98 Å². The van der Waals surface area contributed by atoms with Gasteiger partial charge in [-0.2, -0.15) is 5.10 Å². The van der Waals surface area contributed by atoms with Gasteiger partial charge >= 0.3 is 0 Å². The third-order valence-electron chi connectivity index (χ3n) is 3.46. The lowest BCUT2D eigenvalue weighted by Crippen LogP contribution is -1.97. The smallest absolute Gasteiger partial charge is 0.203 e. The second-order valence-corrected chi connectivity index (χ2v) is 6.48. The minimum absolute atomic E-state index is 0.740. The van der Waals surface area contributed by atoms with Crippen molar-refractivity contribution >= 4 is 33.8 Å². The van der Waals surface area contributed by atoms with Gasteiger partial charge < -0.3 is 0 Å². The van der Waals surface area contributed by atoms with Crippen molar-refractivity contribution < 1.29 is 0 Å². The zero-order chi connectivity index (χ0) is 13.9. The number of anilines is 1. The molecule has 0 saturated heterocycles. The van der Waals surface area contributed by atoms with Gasteiger partial charge in [0.05, 0.1) is 5.69 Å². The van der Waals surface area contributed by atoms with Crippen LogP contribution in [-0.4, -0.2) is 10.7 Å². The molecule has 1 heterocycles. The van der Waals surface area contributed by atoms with Crippen LogP contribution in [-0.2, 0) is 0 Å². The Kier molecular flexibility index (Phi) is 4.03. The fourth-order valence-corrected chi connectivity index (χ4v) is 3.11. The predicted molar refractivity (Wildman–Crippen MR) is 86.6 cm³/mol. The number of rotatable bonds is 3. The molecular weight excluding hydrogens is 290 g/mol. The number of halogens is 1. The molecule has 104 valence electrons. The molecule has 1 aromatic heterocycles. The number of hydrazone groups is 1. The van der Waals surface area contributed by atoms with Gasteiger partial charge in [-0.05, 0) is 37.3 Å². The number of nitrogens with zero attached hydrogens (tertiary/aromatic N) is 2. The third kappa shape index (κ3) is 3.19. The topological polar surface area (TPSA) is 37.3 Å². The van der Waals surface area contributed by atoms with Crippen molar-refractivity contribution in [3.63, 3.8) is 0 Å². The molecule has 0 amide bonds. The Hall–Kier alpha value is -1.39. The van der Waals surface area contributed by atoms with Crippen LogP contribution in [0.3, 0.4) is 0 Å². The maximum atomic E-state index is 5.89. The van der Waals surface area contributed by atoms with Crippen molar-refractivity contribution in [3.05, 3.63) is 34.7 Å². The highest BCUT2D eigenvalue weighted by Crippen LogP contribution is 2.27. The monoisotopic (exact) mass is 305 g/mol. The SMILES string of the molecule is CC1CC/C(=N/Nc2nc(-c3ccc(Cl)cc3)cs2)C1. The second-order valence-electron chi connectivity index (χ2n) is 5.18. The molecule has 1 aliphatic rings. The summed E-state index contributed by atoms with van der Waals surface area (Å²) in [6.07, 6.45) is 3.44. The summed E-state index contributed by atoms with van der Waals surface area (Å²) in [6, 6.07) is 7.71. The van der Waals surface area contributed by atoms with Crippen LogP contribution in [0.2, 0.25) is 5.02 Å². The number of aromatic nitrogens is 1. The van der Waals surface area contributed by atoms with Crippen molar-refractivity contribution in [2.24, 2.45) is 11.0 Å². The Morgan fingerprint density at radius 2 is 2.15 bits per heavy atom. The first-order valence-electron chi connectivity index (χ1n) is 6.73. The Labute approximate surface area is 127 Å². The van der Waals surface area contributed by atoms with Crippen LogP contribution in [0, 0.1) is 5.92 Å². The first-order chi connectivity index (χ1) is 9.70. The van der Waals surface area contributed by atoms with Crippen molar-refractivity contribution in [1.29, 1.82) is 0 Å². The molecule has 1 saturated carbocycles. The fourth-order valence-electron chi connectivity index (χ4n) is 2.33. The summed E-state index contributed by atoms with van der Waals surface area (Å²) in [4.78, 5) is 4.55. The lowest BCUT2D eigenvalue weighted by atomic mass is 10.1. The van der Waals surface area contributed by atoms with Crippen LogP contribution in [0.4, 0.5) is 5.13 Å².